The maximum absolute atomic E-state index is 11.9. The van der Waals surface area contributed by atoms with Gasteiger partial charge < -0.3 is 15.3 Å². The smallest absolute Gasteiger partial charge is 0.326 e. The van der Waals surface area contributed by atoms with Gasteiger partial charge in [-0.3, -0.25) is 0 Å². The number of carbonyl (C=O) groups is 2. The van der Waals surface area contributed by atoms with E-state index in [1.165, 1.54) is 4.90 Å². The Labute approximate surface area is 102 Å². The molecule has 5 nitrogen and oxygen atoms in total. The van der Waals surface area contributed by atoms with Crippen LogP contribution in [-0.2, 0) is 4.79 Å². The minimum atomic E-state index is -0.910. The number of rotatable bonds is 4. The summed E-state index contributed by atoms with van der Waals surface area (Å²) in [7, 11) is 0. The molecule has 1 atom stereocenters. The van der Waals surface area contributed by atoms with Crippen molar-refractivity contribution < 1.29 is 14.7 Å². The Morgan fingerprint density at radius 2 is 2.12 bits per heavy atom. The van der Waals surface area contributed by atoms with E-state index in [4.69, 9.17) is 5.11 Å². The van der Waals surface area contributed by atoms with Crippen LogP contribution in [0.2, 0.25) is 0 Å². The number of aliphatic carboxylic acids is 1. The maximum atomic E-state index is 11.9. The number of urea groups is 1. The summed E-state index contributed by atoms with van der Waals surface area (Å²) >= 11 is 0. The summed E-state index contributed by atoms with van der Waals surface area (Å²) in [6, 6.07) is -0.906. The molecule has 1 aliphatic rings. The van der Waals surface area contributed by atoms with Crippen molar-refractivity contribution in [1.82, 2.24) is 10.2 Å². The Kier molecular flexibility index (Phi) is 4.37. The lowest BCUT2D eigenvalue weighted by Crippen LogP contribution is -2.48. The van der Waals surface area contributed by atoms with Crippen LogP contribution in [0.15, 0.2) is 0 Å². The van der Waals surface area contributed by atoms with Crippen LogP contribution in [0.5, 0.6) is 0 Å². The lowest BCUT2D eigenvalue weighted by molar-refractivity contribution is -0.141. The van der Waals surface area contributed by atoms with Gasteiger partial charge in [0.05, 0.1) is 0 Å². The first-order valence-electron chi connectivity index (χ1n) is 6.14. The first-order valence-corrected chi connectivity index (χ1v) is 6.14. The third kappa shape index (κ3) is 3.61. The van der Waals surface area contributed by atoms with Crippen LogP contribution < -0.4 is 5.32 Å². The molecule has 0 radical (unpaired) electrons. The zero-order valence-corrected chi connectivity index (χ0v) is 10.8. The molecule has 1 heterocycles. The van der Waals surface area contributed by atoms with Gasteiger partial charge in [0.15, 0.2) is 0 Å². The Bertz CT molecular complexity index is 302. The summed E-state index contributed by atoms with van der Waals surface area (Å²) in [5.74, 6) is -0.910. The van der Waals surface area contributed by atoms with E-state index in [9.17, 15) is 9.59 Å². The fourth-order valence-corrected chi connectivity index (χ4v) is 1.81. The van der Waals surface area contributed by atoms with Crippen molar-refractivity contribution in [1.29, 1.82) is 0 Å². The number of nitrogens with one attached hydrogen (secondary N) is 1. The van der Waals surface area contributed by atoms with Gasteiger partial charge in [-0.15, -0.1) is 0 Å². The van der Waals surface area contributed by atoms with Gasteiger partial charge in [-0.1, -0.05) is 20.8 Å². The van der Waals surface area contributed by atoms with Crippen LogP contribution >= 0.6 is 0 Å². The molecule has 0 aromatic rings. The predicted molar refractivity (Wildman–Crippen MR) is 64.8 cm³/mol. The van der Waals surface area contributed by atoms with E-state index in [0.29, 0.717) is 19.5 Å². The average Bonchev–Trinajstić information content (AvgIpc) is 2.75. The summed E-state index contributed by atoms with van der Waals surface area (Å²) in [6.07, 6.45) is 2.29. The van der Waals surface area contributed by atoms with Gasteiger partial charge >= 0.3 is 12.0 Å². The molecule has 5 heteroatoms. The van der Waals surface area contributed by atoms with Gasteiger partial charge in [-0.2, -0.15) is 0 Å². The Hall–Kier alpha value is -1.26. The van der Waals surface area contributed by atoms with Crippen LogP contribution in [0.3, 0.4) is 0 Å². The summed E-state index contributed by atoms with van der Waals surface area (Å²) in [4.78, 5) is 24.3. The monoisotopic (exact) mass is 242 g/mol. The second-order valence-corrected chi connectivity index (χ2v) is 5.37. The highest BCUT2D eigenvalue weighted by Crippen LogP contribution is 2.20. The first-order chi connectivity index (χ1) is 7.87. The normalized spacial score (nSPS) is 20.4. The lowest BCUT2D eigenvalue weighted by atomic mass is 9.90. The Morgan fingerprint density at radius 3 is 2.65 bits per heavy atom. The van der Waals surface area contributed by atoms with Gasteiger partial charge in [-0.05, 0) is 24.7 Å². The van der Waals surface area contributed by atoms with Gasteiger partial charge in [0.25, 0.3) is 0 Å². The molecular formula is C12H22N2O3. The zero-order valence-electron chi connectivity index (χ0n) is 10.8. The van der Waals surface area contributed by atoms with Crippen LogP contribution in [-0.4, -0.2) is 41.1 Å². The number of hydrogen-bond acceptors (Lipinski definition) is 2. The van der Waals surface area contributed by atoms with Crippen LogP contribution in [0.4, 0.5) is 4.79 Å². The van der Waals surface area contributed by atoms with Gasteiger partial charge in [0, 0.05) is 13.1 Å². The second kappa shape index (κ2) is 5.38. The van der Waals surface area contributed by atoms with Crippen molar-refractivity contribution in [2.75, 3.05) is 13.1 Å². The molecule has 0 saturated carbocycles. The van der Waals surface area contributed by atoms with Crippen molar-refractivity contribution in [3.05, 3.63) is 0 Å². The summed E-state index contributed by atoms with van der Waals surface area (Å²) in [6.45, 7) is 7.33. The van der Waals surface area contributed by atoms with E-state index in [2.05, 4.69) is 26.1 Å². The molecular weight excluding hydrogens is 220 g/mol. The van der Waals surface area contributed by atoms with Crippen LogP contribution in [0.1, 0.15) is 40.0 Å². The molecule has 1 rings (SSSR count). The Balaban J connectivity index is 2.50. The maximum Gasteiger partial charge on any atom is 0.326 e. The van der Waals surface area contributed by atoms with E-state index in [-0.39, 0.29) is 11.4 Å². The molecule has 0 spiro atoms. The Morgan fingerprint density at radius 1 is 1.47 bits per heavy atom. The predicted octanol–water partition coefficient (Wildman–Crippen LogP) is 1.68. The average molecular weight is 242 g/mol. The molecule has 0 aromatic carbocycles. The molecule has 1 unspecified atom stereocenters. The van der Waals surface area contributed by atoms with Crippen molar-refractivity contribution in [2.24, 2.45) is 5.41 Å². The van der Waals surface area contributed by atoms with Gasteiger partial charge in [0.2, 0.25) is 0 Å². The molecule has 0 aromatic heterocycles. The standard InChI is InChI=1S/C12H22N2O3/c1-4-12(2,3)8-13-11(17)14-7-5-6-9(14)10(15)16/h9H,4-8H2,1-3H3,(H,13,17)(H,15,16). The van der Waals surface area contributed by atoms with E-state index >= 15 is 0 Å². The first kappa shape index (κ1) is 13.8. The minimum absolute atomic E-state index is 0.0497. The largest absolute Gasteiger partial charge is 0.480 e. The molecule has 2 amide bonds. The topological polar surface area (TPSA) is 69.6 Å². The number of carboxylic acid groups (broad SMARTS) is 1. The molecule has 1 saturated heterocycles. The van der Waals surface area contributed by atoms with Crippen molar-refractivity contribution in [2.45, 2.75) is 46.1 Å². The van der Waals surface area contributed by atoms with Gasteiger partial charge in [-0.25, -0.2) is 9.59 Å². The lowest BCUT2D eigenvalue weighted by Gasteiger charge is -2.27. The van der Waals surface area contributed by atoms with Crippen molar-refractivity contribution in [3.63, 3.8) is 0 Å². The minimum Gasteiger partial charge on any atom is -0.480 e. The summed E-state index contributed by atoms with van der Waals surface area (Å²) in [5.41, 5.74) is 0.0497. The van der Waals surface area contributed by atoms with Crippen LogP contribution in [0.25, 0.3) is 0 Å². The fourth-order valence-electron chi connectivity index (χ4n) is 1.81. The molecule has 98 valence electrons. The van der Waals surface area contributed by atoms with E-state index in [1.54, 1.807) is 0 Å². The number of likely N-dealkylation sites (tertiary alicyclic amines) is 1. The number of hydrogen-bond donors (Lipinski definition) is 2. The van der Waals surface area contributed by atoms with Crippen molar-refractivity contribution in [3.8, 4) is 0 Å². The second-order valence-electron chi connectivity index (χ2n) is 5.37. The highest BCUT2D eigenvalue weighted by Gasteiger charge is 2.34. The van der Waals surface area contributed by atoms with E-state index in [1.807, 2.05) is 0 Å². The highest BCUT2D eigenvalue weighted by atomic mass is 16.4. The highest BCUT2D eigenvalue weighted by molar-refractivity contribution is 5.83. The van der Waals surface area contributed by atoms with Crippen molar-refractivity contribution >= 4 is 12.0 Å². The fraction of sp³-hybridized carbons (Fsp3) is 0.833. The van der Waals surface area contributed by atoms with E-state index in [0.717, 1.165) is 12.8 Å². The van der Waals surface area contributed by atoms with Gasteiger partial charge in [0.1, 0.15) is 6.04 Å². The van der Waals surface area contributed by atoms with Crippen LogP contribution in [0, 0.1) is 5.41 Å². The third-order valence-electron chi connectivity index (χ3n) is 3.47. The summed E-state index contributed by atoms with van der Waals surface area (Å²) in [5, 5.41) is 11.8. The number of carboxylic acids is 1. The molecule has 1 aliphatic heterocycles. The quantitative estimate of drug-likeness (QED) is 0.788. The molecule has 0 aliphatic carbocycles. The molecule has 2 N–H and O–H groups in total. The van der Waals surface area contributed by atoms with E-state index < -0.39 is 12.0 Å². The number of nitrogens with zero attached hydrogens (tertiary/aromatic N) is 1. The molecule has 0 bridgehead atoms. The summed E-state index contributed by atoms with van der Waals surface area (Å²) < 4.78 is 0. The molecule has 17 heavy (non-hydrogen) atoms. The molecule has 1 fully saturated rings. The SMILES string of the molecule is CCC(C)(C)CNC(=O)N1CCCC1C(=O)O. The number of amides is 2. The third-order valence-corrected chi connectivity index (χ3v) is 3.47. The zero-order chi connectivity index (χ0) is 13.1. The number of carbonyl (C=O) groups excluding carboxylic acids is 1.